The number of nitrogens with one attached hydrogen (secondary N) is 1. The van der Waals surface area contributed by atoms with Crippen molar-refractivity contribution in [2.45, 2.75) is 58.6 Å². The fourth-order valence-corrected chi connectivity index (χ4v) is 1.94. The number of hydrogen-bond donors (Lipinski definition) is 2. The highest BCUT2D eigenvalue weighted by molar-refractivity contribution is 5.96. The second-order valence-corrected chi connectivity index (χ2v) is 6.25. The van der Waals surface area contributed by atoms with Crippen LogP contribution in [0.4, 0.5) is 0 Å². The van der Waals surface area contributed by atoms with Gasteiger partial charge in [-0.05, 0) is 51.5 Å². The van der Waals surface area contributed by atoms with E-state index in [0.717, 1.165) is 12.8 Å². The summed E-state index contributed by atoms with van der Waals surface area (Å²) in [6, 6.07) is 5.84. The van der Waals surface area contributed by atoms with Gasteiger partial charge in [-0.3, -0.25) is 4.79 Å². The molecule has 1 unspecified atom stereocenters. The second-order valence-electron chi connectivity index (χ2n) is 6.25. The van der Waals surface area contributed by atoms with E-state index in [1.54, 1.807) is 24.3 Å². The zero-order valence-electron chi connectivity index (χ0n) is 13.7. The summed E-state index contributed by atoms with van der Waals surface area (Å²) in [7, 11) is 0. The molecule has 1 aromatic rings. The molecule has 0 spiro atoms. The fraction of sp³-hybridized carbons (Fsp3) is 0.529. The minimum Gasteiger partial charge on any atom is -0.488 e. The lowest BCUT2D eigenvalue weighted by atomic mass is 10.1. The quantitative estimate of drug-likeness (QED) is 0.811. The van der Waals surface area contributed by atoms with E-state index >= 15 is 0 Å². The third kappa shape index (κ3) is 6.16. The molecule has 0 aliphatic heterocycles. The van der Waals surface area contributed by atoms with Gasteiger partial charge in [0.2, 0.25) is 0 Å². The summed E-state index contributed by atoms with van der Waals surface area (Å²) in [5, 5.41) is 11.7. The second kappa shape index (κ2) is 7.82. The van der Waals surface area contributed by atoms with Crippen LogP contribution in [0.1, 0.15) is 57.3 Å². The summed E-state index contributed by atoms with van der Waals surface area (Å²) in [5.41, 5.74) is 0.113. The maximum absolute atomic E-state index is 12.1. The van der Waals surface area contributed by atoms with E-state index in [1.165, 1.54) is 0 Å². The van der Waals surface area contributed by atoms with Crippen molar-refractivity contribution in [2.75, 3.05) is 0 Å². The largest absolute Gasteiger partial charge is 0.488 e. The van der Waals surface area contributed by atoms with Gasteiger partial charge in [-0.25, -0.2) is 4.79 Å². The lowest BCUT2D eigenvalue weighted by Gasteiger charge is -2.21. The van der Waals surface area contributed by atoms with Crippen molar-refractivity contribution in [1.29, 1.82) is 0 Å². The molecule has 0 bridgehead atoms. The van der Waals surface area contributed by atoms with E-state index in [2.05, 4.69) is 5.32 Å². The van der Waals surface area contributed by atoms with Crippen LogP contribution >= 0.6 is 0 Å². The number of hydrogen-bond acceptors (Lipinski definition) is 3. The Labute approximate surface area is 131 Å². The summed E-state index contributed by atoms with van der Waals surface area (Å²) < 4.78 is 5.68. The van der Waals surface area contributed by atoms with Gasteiger partial charge in [-0.15, -0.1) is 0 Å². The molecular weight excluding hydrogens is 282 g/mol. The highest BCUT2D eigenvalue weighted by Crippen LogP contribution is 2.18. The van der Waals surface area contributed by atoms with E-state index in [1.807, 2.05) is 27.7 Å². The van der Waals surface area contributed by atoms with Crippen LogP contribution in [0.5, 0.6) is 5.75 Å². The fourth-order valence-electron chi connectivity index (χ4n) is 1.94. The van der Waals surface area contributed by atoms with E-state index in [4.69, 9.17) is 9.84 Å². The van der Waals surface area contributed by atoms with Crippen LogP contribution in [0.15, 0.2) is 24.3 Å². The highest BCUT2D eigenvalue weighted by Gasteiger charge is 2.20. The molecule has 1 amide bonds. The van der Waals surface area contributed by atoms with Crippen LogP contribution in [-0.2, 0) is 4.79 Å². The summed E-state index contributed by atoms with van der Waals surface area (Å²) >= 11 is 0. The number of carboxylic acid groups (broad SMARTS) is 1. The van der Waals surface area contributed by atoms with Crippen molar-refractivity contribution < 1.29 is 19.4 Å². The normalized spacial score (nSPS) is 12.5. The highest BCUT2D eigenvalue weighted by atomic mass is 16.5. The van der Waals surface area contributed by atoms with Crippen LogP contribution in [0.25, 0.3) is 0 Å². The molecule has 5 nitrogen and oxygen atoms in total. The molecule has 0 radical (unpaired) electrons. The van der Waals surface area contributed by atoms with Gasteiger partial charge in [0.1, 0.15) is 17.4 Å². The van der Waals surface area contributed by atoms with Crippen LogP contribution in [0, 0.1) is 0 Å². The third-order valence-corrected chi connectivity index (χ3v) is 2.99. The van der Waals surface area contributed by atoms with Gasteiger partial charge in [0.05, 0.1) is 0 Å². The summed E-state index contributed by atoms with van der Waals surface area (Å²) in [6.45, 7) is 7.81. The number of rotatable bonds is 7. The van der Waals surface area contributed by atoms with Gasteiger partial charge in [0, 0.05) is 5.56 Å². The zero-order chi connectivity index (χ0) is 16.8. The van der Waals surface area contributed by atoms with Crippen LogP contribution < -0.4 is 10.1 Å². The Morgan fingerprint density at radius 1 is 1.23 bits per heavy atom. The molecule has 1 atom stereocenters. The number of carbonyl (C=O) groups excluding carboxylic acids is 1. The van der Waals surface area contributed by atoms with Crippen molar-refractivity contribution in [1.82, 2.24) is 5.32 Å². The number of unbranched alkanes of at least 4 members (excludes halogenated alkanes) is 1. The predicted molar refractivity (Wildman–Crippen MR) is 85.2 cm³/mol. The van der Waals surface area contributed by atoms with Crippen molar-refractivity contribution in [3.05, 3.63) is 29.8 Å². The smallest absolute Gasteiger partial charge is 0.326 e. The molecule has 122 valence electrons. The molecule has 0 saturated carbocycles. The molecular formula is C17H25NO4. The zero-order valence-corrected chi connectivity index (χ0v) is 13.7. The molecule has 0 aromatic heterocycles. The molecule has 0 fully saturated rings. The lowest BCUT2D eigenvalue weighted by molar-refractivity contribution is -0.139. The Morgan fingerprint density at radius 3 is 2.27 bits per heavy atom. The average molecular weight is 307 g/mol. The molecule has 0 heterocycles. The Morgan fingerprint density at radius 2 is 1.82 bits per heavy atom. The van der Waals surface area contributed by atoms with Crippen molar-refractivity contribution in [3.63, 3.8) is 0 Å². The summed E-state index contributed by atoms with van der Waals surface area (Å²) in [6.07, 6.45) is 2.08. The maximum atomic E-state index is 12.1. The summed E-state index contributed by atoms with van der Waals surface area (Å²) in [5.74, 6) is -0.717. The van der Waals surface area contributed by atoms with Crippen molar-refractivity contribution in [3.8, 4) is 5.75 Å². The van der Waals surface area contributed by atoms with Gasteiger partial charge in [0.25, 0.3) is 5.91 Å². The number of carboxylic acids is 1. The predicted octanol–water partition coefficient (Wildman–Crippen LogP) is 3.24. The van der Waals surface area contributed by atoms with Gasteiger partial charge in [0.15, 0.2) is 0 Å². The Bertz CT molecular complexity index is 502. The van der Waals surface area contributed by atoms with Crippen LogP contribution in [0.3, 0.4) is 0 Å². The standard InChI is InChI=1S/C17H25NO4/c1-5-6-7-14(16(20)21)18-15(19)12-8-10-13(11-9-12)22-17(2,3)4/h8-11,14H,5-7H2,1-4H3,(H,18,19)(H,20,21). The van der Waals surface area contributed by atoms with Crippen LogP contribution in [0.2, 0.25) is 0 Å². The van der Waals surface area contributed by atoms with E-state index in [0.29, 0.717) is 17.7 Å². The number of carbonyl (C=O) groups is 2. The van der Waals surface area contributed by atoms with Crippen molar-refractivity contribution >= 4 is 11.9 Å². The van der Waals surface area contributed by atoms with E-state index < -0.39 is 12.0 Å². The SMILES string of the molecule is CCCCC(NC(=O)c1ccc(OC(C)(C)C)cc1)C(=O)O. The summed E-state index contributed by atoms with van der Waals surface area (Å²) in [4.78, 5) is 23.3. The molecule has 0 saturated heterocycles. The van der Waals surface area contributed by atoms with Crippen molar-refractivity contribution in [2.24, 2.45) is 0 Å². The lowest BCUT2D eigenvalue weighted by Crippen LogP contribution is -2.40. The number of ether oxygens (including phenoxy) is 1. The third-order valence-electron chi connectivity index (χ3n) is 2.99. The number of aliphatic carboxylic acids is 1. The minimum absolute atomic E-state index is 0.307. The Hall–Kier alpha value is -2.04. The molecule has 0 aliphatic carbocycles. The monoisotopic (exact) mass is 307 g/mol. The molecule has 1 rings (SSSR count). The Balaban J connectivity index is 2.70. The minimum atomic E-state index is -1.01. The Kier molecular flexibility index (Phi) is 6.40. The molecule has 22 heavy (non-hydrogen) atoms. The number of amides is 1. The number of benzene rings is 1. The maximum Gasteiger partial charge on any atom is 0.326 e. The topological polar surface area (TPSA) is 75.6 Å². The van der Waals surface area contributed by atoms with E-state index in [9.17, 15) is 9.59 Å². The molecule has 0 aliphatic rings. The molecule has 5 heteroatoms. The van der Waals surface area contributed by atoms with Gasteiger partial charge >= 0.3 is 5.97 Å². The first-order chi connectivity index (χ1) is 10.2. The van der Waals surface area contributed by atoms with E-state index in [-0.39, 0.29) is 11.5 Å². The molecule has 2 N–H and O–H groups in total. The first-order valence-corrected chi connectivity index (χ1v) is 7.55. The van der Waals surface area contributed by atoms with Crippen LogP contribution in [-0.4, -0.2) is 28.6 Å². The van der Waals surface area contributed by atoms with Gasteiger partial charge in [-0.1, -0.05) is 19.8 Å². The van der Waals surface area contributed by atoms with Gasteiger partial charge < -0.3 is 15.2 Å². The molecule has 1 aromatic carbocycles. The van der Waals surface area contributed by atoms with Gasteiger partial charge in [-0.2, -0.15) is 0 Å². The average Bonchev–Trinajstić information content (AvgIpc) is 2.42. The first-order valence-electron chi connectivity index (χ1n) is 7.55. The first kappa shape index (κ1) is 18.0.